The molecule has 0 unspecified atom stereocenters. The molecule has 3 aliphatic rings. The molecule has 0 saturated carbocycles. The molecule has 0 spiro atoms. The Balaban J connectivity index is 1.63. The summed E-state index contributed by atoms with van der Waals surface area (Å²) in [6.45, 7) is 5.72. The number of rotatable bonds is 3. The molecule has 0 saturated heterocycles. The molecule has 0 N–H and O–H groups in total. The molecule has 6 rings (SSSR count). The first-order valence-corrected chi connectivity index (χ1v) is 10.7. The lowest BCUT2D eigenvalue weighted by molar-refractivity contribution is -0.384. The number of aromatic nitrogens is 2. The van der Waals surface area contributed by atoms with Crippen LogP contribution in [0.15, 0.2) is 46.1 Å². The quantitative estimate of drug-likeness (QED) is 0.421. The van der Waals surface area contributed by atoms with Gasteiger partial charge >= 0.3 is 6.01 Å². The van der Waals surface area contributed by atoms with Crippen LogP contribution < -0.4 is 14.5 Å². The van der Waals surface area contributed by atoms with Crippen molar-refractivity contribution in [1.82, 2.24) is 15.1 Å². The maximum atomic E-state index is 11.3. The van der Waals surface area contributed by atoms with Crippen molar-refractivity contribution >= 4 is 17.5 Å². The molecule has 2 aromatic carbocycles. The molecule has 4 heterocycles. The van der Waals surface area contributed by atoms with Crippen molar-refractivity contribution < 1.29 is 23.8 Å². The van der Waals surface area contributed by atoms with Crippen LogP contribution in [0, 0.1) is 17.0 Å². The summed E-state index contributed by atoms with van der Waals surface area (Å²) in [6, 6.07) is 10.2. The second-order valence-electron chi connectivity index (χ2n) is 8.37. The van der Waals surface area contributed by atoms with Gasteiger partial charge in [-0.05, 0) is 57.0 Å². The number of oxime groups is 1. The molecule has 3 aliphatic heterocycles. The van der Waals surface area contributed by atoms with E-state index >= 15 is 0 Å². The Labute approximate surface area is 193 Å². The van der Waals surface area contributed by atoms with Crippen LogP contribution in [0.2, 0.25) is 0 Å². The Morgan fingerprint density at radius 1 is 1.15 bits per heavy atom. The fraction of sp³-hybridized carbons (Fsp3) is 0.318. The van der Waals surface area contributed by atoms with E-state index in [1.54, 1.807) is 19.1 Å². The molecule has 0 aliphatic carbocycles. The third-order valence-electron chi connectivity index (χ3n) is 6.21. The summed E-state index contributed by atoms with van der Waals surface area (Å²) in [4.78, 5) is 21.6. The number of aryl methyl sites for hydroxylation is 1. The van der Waals surface area contributed by atoms with E-state index in [4.69, 9.17) is 18.8 Å². The maximum Gasteiger partial charge on any atom is 0.343 e. The number of fused-ring (bicyclic) bond motifs is 4. The van der Waals surface area contributed by atoms with Gasteiger partial charge in [0.2, 0.25) is 6.79 Å². The maximum absolute atomic E-state index is 11.3. The van der Waals surface area contributed by atoms with E-state index in [0.717, 1.165) is 11.1 Å². The molecule has 2 atom stereocenters. The average Bonchev–Trinajstić information content (AvgIpc) is 3.52. The Hall–Kier alpha value is -4.35. The summed E-state index contributed by atoms with van der Waals surface area (Å²) in [5.74, 6) is 2.27. The van der Waals surface area contributed by atoms with Gasteiger partial charge in [0.1, 0.15) is 0 Å². The Kier molecular flexibility index (Phi) is 4.22. The van der Waals surface area contributed by atoms with Crippen molar-refractivity contribution in [2.24, 2.45) is 5.16 Å². The number of hydrogen-bond acceptors (Lipinski definition) is 11. The van der Waals surface area contributed by atoms with Gasteiger partial charge in [0.05, 0.1) is 11.0 Å². The highest BCUT2D eigenvalue weighted by Gasteiger charge is 2.56. The highest BCUT2D eigenvalue weighted by Crippen LogP contribution is 2.50. The third-order valence-corrected chi connectivity index (χ3v) is 6.21. The lowest BCUT2D eigenvalue weighted by atomic mass is 9.88. The normalized spacial score (nSPS) is 22.6. The van der Waals surface area contributed by atoms with E-state index in [1.807, 2.05) is 36.0 Å². The van der Waals surface area contributed by atoms with E-state index in [-0.39, 0.29) is 24.5 Å². The molecule has 0 radical (unpaired) electrons. The first-order chi connectivity index (χ1) is 16.4. The summed E-state index contributed by atoms with van der Waals surface area (Å²) in [7, 11) is 0. The van der Waals surface area contributed by atoms with Gasteiger partial charge in [-0.3, -0.25) is 10.1 Å². The van der Waals surface area contributed by atoms with E-state index in [2.05, 4.69) is 15.3 Å². The van der Waals surface area contributed by atoms with Crippen LogP contribution in [-0.4, -0.2) is 38.7 Å². The Morgan fingerprint density at radius 2 is 1.88 bits per heavy atom. The first kappa shape index (κ1) is 20.3. The molecule has 0 bridgehead atoms. The number of non-ortho nitro benzene ring substituents is 1. The lowest BCUT2D eigenvalue weighted by Crippen LogP contribution is -2.57. The summed E-state index contributed by atoms with van der Waals surface area (Å²) in [5, 5.41) is 23.3. The van der Waals surface area contributed by atoms with Crippen LogP contribution in [0.3, 0.4) is 0 Å². The molecular formula is C22H20N6O6. The van der Waals surface area contributed by atoms with Crippen LogP contribution in [0.25, 0.3) is 0 Å². The van der Waals surface area contributed by atoms with Crippen molar-refractivity contribution in [3.05, 3.63) is 69.0 Å². The highest BCUT2D eigenvalue weighted by molar-refractivity contribution is 5.84. The zero-order valence-corrected chi connectivity index (χ0v) is 18.6. The van der Waals surface area contributed by atoms with Gasteiger partial charge in [-0.15, -0.1) is 0 Å². The minimum Gasteiger partial charge on any atom is -0.454 e. The minimum atomic E-state index is -1.30. The van der Waals surface area contributed by atoms with E-state index in [1.165, 1.54) is 12.1 Å². The smallest absolute Gasteiger partial charge is 0.343 e. The fourth-order valence-corrected chi connectivity index (χ4v) is 4.77. The topological polar surface area (TPSA) is 129 Å². The van der Waals surface area contributed by atoms with Crippen LogP contribution in [0.4, 0.5) is 11.7 Å². The van der Waals surface area contributed by atoms with Crippen molar-refractivity contribution in [2.45, 2.75) is 39.0 Å². The van der Waals surface area contributed by atoms with Crippen LogP contribution in [0.1, 0.15) is 36.4 Å². The number of nitro groups is 1. The van der Waals surface area contributed by atoms with Gasteiger partial charge < -0.3 is 18.8 Å². The predicted molar refractivity (Wildman–Crippen MR) is 117 cm³/mol. The largest absolute Gasteiger partial charge is 0.454 e. The fourth-order valence-electron chi connectivity index (χ4n) is 4.77. The number of hydrazine groups is 1. The number of nitrogens with zero attached hydrogens (tertiary/aromatic N) is 6. The van der Waals surface area contributed by atoms with Crippen molar-refractivity contribution in [3.8, 4) is 11.5 Å². The van der Waals surface area contributed by atoms with Crippen molar-refractivity contribution in [3.63, 3.8) is 0 Å². The van der Waals surface area contributed by atoms with Crippen LogP contribution >= 0.6 is 0 Å². The predicted octanol–water partition coefficient (Wildman–Crippen LogP) is 3.25. The number of hydrogen-bond donors (Lipinski definition) is 0. The summed E-state index contributed by atoms with van der Waals surface area (Å²) in [5.41, 5.74) is 1.03. The van der Waals surface area contributed by atoms with Gasteiger partial charge in [-0.25, -0.2) is 10.0 Å². The molecule has 1 aromatic heterocycles. The molecule has 12 heteroatoms. The highest BCUT2D eigenvalue weighted by atomic mass is 16.7. The minimum absolute atomic E-state index is 0.0281. The summed E-state index contributed by atoms with van der Waals surface area (Å²) in [6.07, 6.45) is 0.593. The standard InChI is InChI=1S/C22H20N6O6/c1-12-8-15-9-19-20(32-11-31-19)10-18(15)22(16-4-6-17(7-5-16)28(29)30)27(14(3)25-34-22)26(12)21-23-13(2)24-33-21/h4-7,9-10,12H,8,11H2,1-3H3/t12-,22+/m1/s1. The third kappa shape index (κ3) is 2.74. The molecular weight excluding hydrogens is 444 g/mol. The molecule has 0 fully saturated rings. The second kappa shape index (κ2) is 7.07. The van der Waals surface area contributed by atoms with Crippen LogP contribution in [0.5, 0.6) is 11.5 Å². The van der Waals surface area contributed by atoms with Gasteiger partial charge in [0.15, 0.2) is 23.2 Å². The summed E-state index contributed by atoms with van der Waals surface area (Å²) >= 11 is 0. The molecule has 3 aromatic rings. The van der Waals surface area contributed by atoms with E-state index < -0.39 is 10.6 Å². The Bertz CT molecular complexity index is 1340. The monoisotopic (exact) mass is 464 g/mol. The molecule has 34 heavy (non-hydrogen) atoms. The number of anilines is 1. The van der Waals surface area contributed by atoms with Crippen molar-refractivity contribution in [1.29, 1.82) is 0 Å². The summed E-state index contributed by atoms with van der Waals surface area (Å²) < 4.78 is 16.9. The first-order valence-electron chi connectivity index (χ1n) is 10.7. The lowest BCUT2D eigenvalue weighted by Gasteiger charge is -2.42. The average molecular weight is 464 g/mol. The Morgan fingerprint density at radius 3 is 2.56 bits per heavy atom. The van der Waals surface area contributed by atoms with Gasteiger partial charge in [0.25, 0.3) is 11.4 Å². The van der Waals surface area contributed by atoms with Crippen LogP contribution in [-0.2, 0) is 17.0 Å². The zero-order chi connectivity index (χ0) is 23.6. The van der Waals surface area contributed by atoms with Gasteiger partial charge in [0, 0.05) is 23.3 Å². The van der Waals surface area contributed by atoms with E-state index in [0.29, 0.717) is 35.1 Å². The second-order valence-corrected chi connectivity index (χ2v) is 8.37. The number of ether oxygens (including phenoxy) is 2. The number of benzene rings is 2. The SMILES string of the molecule is CC1=NO[C@@]2(c3ccc([N+](=O)[O-])cc3)c3cc4c(cc3C[C@@H](C)N(c3nc(C)no3)N12)OCO4. The zero-order valence-electron chi connectivity index (χ0n) is 18.6. The molecule has 12 nitrogen and oxygen atoms in total. The van der Waals surface area contributed by atoms with Gasteiger partial charge in [-0.1, -0.05) is 10.3 Å². The van der Waals surface area contributed by atoms with Gasteiger partial charge in [-0.2, -0.15) is 4.98 Å². The molecule has 174 valence electrons. The number of nitro benzene ring substituents is 1. The molecule has 0 amide bonds. The number of amidine groups is 1. The van der Waals surface area contributed by atoms with Crippen molar-refractivity contribution in [2.75, 3.05) is 11.8 Å². The van der Waals surface area contributed by atoms with E-state index in [9.17, 15) is 10.1 Å².